The van der Waals surface area contributed by atoms with E-state index in [-0.39, 0.29) is 26.4 Å². The van der Waals surface area contributed by atoms with Crippen LogP contribution < -0.4 is 0 Å². The van der Waals surface area contributed by atoms with Crippen molar-refractivity contribution in [2.24, 2.45) is 0 Å². The third-order valence-electron chi connectivity index (χ3n) is 3.00. The molecular formula is C12H26O5. The van der Waals surface area contributed by atoms with Crippen LogP contribution >= 0.6 is 0 Å². The first-order valence-electron chi connectivity index (χ1n) is 6.21. The second-order valence-corrected chi connectivity index (χ2v) is 4.60. The molecule has 0 aromatic rings. The van der Waals surface area contributed by atoms with Crippen LogP contribution in [0.3, 0.4) is 0 Å². The monoisotopic (exact) mass is 250 g/mol. The molecule has 0 aliphatic rings. The van der Waals surface area contributed by atoms with E-state index in [0.717, 1.165) is 12.8 Å². The van der Waals surface area contributed by atoms with Crippen LogP contribution in [0.2, 0.25) is 0 Å². The number of aliphatic hydroxyl groups is 4. The molecule has 0 spiro atoms. The van der Waals surface area contributed by atoms with Crippen LogP contribution in [0, 0.1) is 0 Å². The quantitative estimate of drug-likeness (QED) is 0.440. The van der Waals surface area contributed by atoms with Gasteiger partial charge in [0.25, 0.3) is 0 Å². The molecule has 0 saturated carbocycles. The van der Waals surface area contributed by atoms with Gasteiger partial charge in [-0.25, -0.2) is 0 Å². The Balaban J connectivity index is 4.89. The van der Waals surface area contributed by atoms with Gasteiger partial charge in [-0.05, 0) is 12.8 Å². The summed E-state index contributed by atoms with van der Waals surface area (Å²) >= 11 is 0. The zero-order valence-corrected chi connectivity index (χ0v) is 10.9. The fourth-order valence-electron chi connectivity index (χ4n) is 2.02. The third-order valence-corrected chi connectivity index (χ3v) is 3.00. The van der Waals surface area contributed by atoms with Crippen molar-refractivity contribution in [1.29, 1.82) is 0 Å². The highest BCUT2D eigenvalue weighted by Crippen LogP contribution is 2.28. The van der Waals surface area contributed by atoms with Gasteiger partial charge in [-0.3, -0.25) is 0 Å². The highest BCUT2D eigenvalue weighted by atomic mass is 16.6. The minimum Gasteiger partial charge on any atom is -0.393 e. The standard InChI is InChI=1S/C12H26O5/c1-3-5-11(7-13,8-14)17-12(9-15,10-16)6-4-2/h13-16H,3-10H2,1-2H3. The lowest BCUT2D eigenvalue weighted by atomic mass is 9.94. The van der Waals surface area contributed by atoms with Gasteiger partial charge in [-0.2, -0.15) is 0 Å². The zero-order valence-electron chi connectivity index (χ0n) is 10.9. The number of hydrogen-bond acceptors (Lipinski definition) is 5. The Kier molecular flexibility index (Phi) is 7.91. The topological polar surface area (TPSA) is 90.2 Å². The molecule has 0 aliphatic heterocycles. The van der Waals surface area contributed by atoms with Gasteiger partial charge in [0.1, 0.15) is 11.2 Å². The summed E-state index contributed by atoms with van der Waals surface area (Å²) in [5.74, 6) is 0. The highest BCUT2D eigenvalue weighted by molar-refractivity contribution is 4.88. The van der Waals surface area contributed by atoms with Crippen molar-refractivity contribution < 1.29 is 25.2 Å². The average molecular weight is 250 g/mol. The Labute approximate surface area is 103 Å². The van der Waals surface area contributed by atoms with Crippen LogP contribution in [-0.2, 0) is 4.74 Å². The van der Waals surface area contributed by atoms with Crippen molar-refractivity contribution in [1.82, 2.24) is 0 Å². The average Bonchev–Trinajstić information content (AvgIpc) is 2.37. The lowest BCUT2D eigenvalue weighted by Gasteiger charge is -2.40. The van der Waals surface area contributed by atoms with Gasteiger partial charge >= 0.3 is 0 Å². The fourth-order valence-corrected chi connectivity index (χ4v) is 2.02. The number of aliphatic hydroxyl groups excluding tert-OH is 4. The molecule has 0 rings (SSSR count). The summed E-state index contributed by atoms with van der Waals surface area (Å²) in [4.78, 5) is 0. The van der Waals surface area contributed by atoms with Crippen molar-refractivity contribution in [2.75, 3.05) is 26.4 Å². The van der Waals surface area contributed by atoms with Gasteiger partial charge < -0.3 is 25.2 Å². The molecule has 0 saturated heterocycles. The Morgan fingerprint density at radius 2 is 1.00 bits per heavy atom. The number of ether oxygens (including phenoxy) is 1. The van der Waals surface area contributed by atoms with Crippen molar-refractivity contribution >= 4 is 0 Å². The Morgan fingerprint density at radius 1 is 0.706 bits per heavy atom. The summed E-state index contributed by atoms with van der Waals surface area (Å²) in [7, 11) is 0. The predicted molar refractivity (Wildman–Crippen MR) is 64.7 cm³/mol. The summed E-state index contributed by atoms with van der Waals surface area (Å²) in [6, 6.07) is 0. The predicted octanol–water partition coefficient (Wildman–Crippen LogP) is 0.0500. The van der Waals surface area contributed by atoms with Gasteiger partial charge in [0.2, 0.25) is 0 Å². The van der Waals surface area contributed by atoms with Gasteiger partial charge in [0.15, 0.2) is 0 Å². The summed E-state index contributed by atoms with van der Waals surface area (Å²) in [5, 5.41) is 37.5. The molecule has 0 amide bonds. The van der Waals surface area contributed by atoms with Crippen molar-refractivity contribution in [3.63, 3.8) is 0 Å². The molecule has 4 N–H and O–H groups in total. The maximum atomic E-state index is 9.38. The molecule has 5 nitrogen and oxygen atoms in total. The molecular weight excluding hydrogens is 224 g/mol. The highest BCUT2D eigenvalue weighted by Gasteiger charge is 2.40. The molecule has 0 aromatic carbocycles. The first kappa shape index (κ1) is 16.8. The summed E-state index contributed by atoms with van der Waals surface area (Å²) in [6.07, 6.45) is 2.43. The third kappa shape index (κ3) is 4.52. The Morgan fingerprint density at radius 3 is 1.18 bits per heavy atom. The fraction of sp³-hybridized carbons (Fsp3) is 1.00. The van der Waals surface area contributed by atoms with E-state index in [0.29, 0.717) is 12.8 Å². The van der Waals surface area contributed by atoms with Crippen molar-refractivity contribution in [3.05, 3.63) is 0 Å². The van der Waals surface area contributed by atoms with E-state index in [1.165, 1.54) is 0 Å². The smallest absolute Gasteiger partial charge is 0.115 e. The minimum atomic E-state index is -1.09. The first-order valence-corrected chi connectivity index (χ1v) is 6.21. The number of hydrogen-bond donors (Lipinski definition) is 4. The van der Waals surface area contributed by atoms with Gasteiger partial charge in [0.05, 0.1) is 26.4 Å². The maximum Gasteiger partial charge on any atom is 0.115 e. The largest absolute Gasteiger partial charge is 0.393 e. The van der Waals surface area contributed by atoms with Gasteiger partial charge in [0, 0.05) is 0 Å². The van der Waals surface area contributed by atoms with Crippen LogP contribution in [0.25, 0.3) is 0 Å². The SMILES string of the molecule is CCCC(CO)(CO)OC(CO)(CO)CCC. The molecule has 104 valence electrons. The van der Waals surface area contributed by atoms with E-state index >= 15 is 0 Å². The molecule has 17 heavy (non-hydrogen) atoms. The van der Waals surface area contributed by atoms with E-state index < -0.39 is 11.2 Å². The Hall–Kier alpha value is -0.200. The maximum absolute atomic E-state index is 9.38. The Bertz CT molecular complexity index is 167. The van der Waals surface area contributed by atoms with Crippen molar-refractivity contribution in [2.45, 2.75) is 50.7 Å². The summed E-state index contributed by atoms with van der Waals surface area (Å²) < 4.78 is 5.70. The molecule has 0 radical (unpaired) electrons. The van der Waals surface area contributed by atoms with E-state index in [2.05, 4.69) is 0 Å². The van der Waals surface area contributed by atoms with Crippen LogP contribution in [-0.4, -0.2) is 58.1 Å². The summed E-state index contributed by atoms with van der Waals surface area (Å²) in [6.45, 7) is 2.52. The molecule has 0 unspecified atom stereocenters. The van der Waals surface area contributed by atoms with Crippen LogP contribution in [0.4, 0.5) is 0 Å². The number of rotatable bonds is 10. The normalized spacial score (nSPS) is 13.1. The second-order valence-electron chi connectivity index (χ2n) is 4.60. The molecule has 0 fully saturated rings. The molecule has 0 heterocycles. The van der Waals surface area contributed by atoms with Crippen LogP contribution in [0.15, 0.2) is 0 Å². The van der Waals surface area contributed by atoms with Gasteiger partial charge in [-0.1, -0.05) is 26.7 Å². The van der Waals surface area contributed by atoms with E-state index in [9.17, 15) is 20.4 Å². The summed E-state index contributed by atoms with van der Waals surface area (Å²) in [5.41, 5.74) is -2.18. The lowest BCUT2D eigenvalue weighted by molar-refractivity contribution is -0.222. The van der Waals surface area contributed by atoms with Crippen LogP contribution in [0.5, 0.6) is 0 Å². The minimum absolute atomic E-state index is 0.331. The van der Waals surface area contributed by atoms with E-state index in [1.54, 1.807) is 0 Å². The molecule has 5 heteroatoms. The second kappa shape index (κ2) is 8.00. The van der Waals surface area contributed by atoms with E-state index in [4.69, 9.17) is 4.74 Å². The van der Waals surface area contributed by atoms with Crippen molar-refractivity contribution in [3.8, 4) is 0 Å². The van der Waals surface area contributed by atoms with E-state index in [1.807, 2.05) is 13.8 Å². The first-order chi connectivity index (χ1) is 8.07. The molecule has 0 aliphatic carbocycles. The molecule has 0 atom stereocenters. The molecule has 0 aromatic heterocycles. The molecule has 0 bridgehead atoms. The lowest BCUT2D eigenvalue weighted by Crippen LogP contribution is -2.53. The zero-order chi connectivity index (χ0) is 13.4. The van der Waals surface area contributed by atoms with Gasteiger partial charge in [-0.15, -0.1) is 0 Å². The van der Waals surface area contributed by atoms with Crippen LogP contribution in [0.1, 0.15) is 39.5 Å².